The Morgan fingerprint density at radius 3 is 2.83 bits per heavy atom. The Hall–Kier alpha value is -2.04. The van der Waals surface area contributed by atoms with E-state index in [1.807, 2.05) is 49.3 Å². The SMILES string of the molecule is CN(C)C=NCC1CN(c2ccccc2)C(=O)O1. The van der Waals surface area contributed by atoms with Crippen molar-refractivity contribution < 1.29 is 9.53 Å². The molecule has 96 valence electrons. The molecule has 1 atom stereocenters. The van der Waals surface area contributed by atoms with Gasteiger partial charge >= 0.3 is 6.09 Å². The molecule has 0 N–H and O–H groups in total. The molecule has 0 bridgehead atoms. The lowest BCUT2D eigenvalue weighted by atomic mass is 10.3. The van der Waals surface area contributed by atoms with Crippen LogP contribution in [0, 0.1) is 0 Å². The van der Waals surface area contributed by atoms with Crippen molar-refractivity contribution in [1.82, 2.24) is 4.90 Å². The lowest BCUT2D eigenvalue weighted by molar-refractivity contribution is 0.145. The first-order valence-electron chi connectivity index (χ1n) is 5.86. The highest BCUT2D eigenvalue weighted by atomic mass is 16.6. The van der Waals surface area contributed by atoms with E-state index < -0.39 is 0 Å². The molecule has 1 aromatic rings. The number of carbonyl (C=O) groups is 1. The molecule has 0 spiro atoms. The maximum absolute atomic E-state index is 11.7. The minimum atomic E-state index is -0.300. The Labute approximate surface area is 107 Å². The van der Waals surface area contributed by atoms with Crippen LogP contribution in [0.1, 0.15) is 0 Å². The lowest BCUT2D eigenvalue weighted by Crippen LogP contribution is -2.25. The van der Waals surface area contributed by atoms with Crippen molar-refractivity contribution in [1.29, 1.82) is 0 Å². The second-order valence-corrected chi connectivity index (χ2v) is 4.40. The van der Waals surface area contributed by atoms with Crippen molar-refractivity contribution in [2.24, 2.45) is 4.99 Å². The van der Waals surface area contributed by atoms with Gasteiger partial charge in [-0.1, -0.05) is 18.2 Å². The van der Waals surface area contributed by atoms with Crippen LogP contribution in [0.3, 0.4) is 0 Å². The maximum atomic E-state index is 11.7. The molecule has 1 aliphatic heterocycles. The number of hydrogen-bond acceptors (Lipinski definition) is 3. The van der Waals surface area contributed by atoms with E-state index in [0.717, 1.165) is 5.69 Å². The van der Waals surface area contributed by atoms with Crippen LogP contribution in [0.15, 0.2) is 35.3 Å². The Bertz CT molecular complexity index is 431. The molecule has 2 rings (SSSR count). The van der Waals surface area contributed by atoms with E-state index in [1.54, 1.807) is 11.2 Å². The number of benzene rings is 1. The minimum Gasteiger partial charge on any atom is -0.442 e. The molecular weight excluding hydrogens is 230 g/mol. The van der Waals surface area contributed by atoms with Gasteiger partial charge in [-0.15, -0.1) is 0 Å². The Morgan fingerprint density at radius 1 is 1.44 bits per heavy atom. The van der Waals surface area contributed by atoms with Gasteiger partial charge in [0.25, 0.3) is 0 Å². The molecule has 0 aliphatic carbocycles. The molecule has 0 saturated carbocycles. The summed E-state index contributed by atoms with van der Waals surface area (Å²) < 4.78 is 5.26. The summed E-state index contributed by atoms with van der Waals surface area (Å²) in [6.07, 6.45) is 1.25. The summed E-state index contributed by atoms with van der Waals surface area (Å²) in [7, 11) is 3.81. The van der Waals surface area contributed by atoms with Gasteiger partial charge in [0.05, 0.1) is 19.4 Å². The lowest BCUT2D eigenvalue weighted by Gasteiger charge is -2.11. The average molecular weight is 247 g/mol. The Morgan fingerprint density at radius 2 is 2.17 bits per heavy atom. The summed E-state index contributed by atoms with van der Waals surface area (Å²) in [5.74, 6) is 0. The Kier molecular flexibility index (Phi) is 3.82. The van der Waals surface area contributed by atoms with E-state index in [2.05, 4.69) is 4.99 Å². The van der Waals surface area contributed by atoms with Gasteiger partial charge in [0.1, 0.15) is 6.10 Å². The normalized spacial score (nSPS) is 19.3. The maximum Gasteiger partial charge on any atom is 0.414 e. The van der Waals surface area contributed by atoms with Gasteiger partial charge in [0.15, 0.2) is 0 Å². The number of anilines is 1. The summed E-state index contributed by atoms with van der Waals surface area (Å²) in [5, 5.41) is 0. The predicted molar refractivity (Wildman–Crippen MR) is 71.1 cm³/mol. The number of rotatable bonds is 4. The van der Waals surface area contributed by atoms with Crippen molar-refractivity contribution in [2.45, 2.75) is 6.10 Å². The summed E-state index contributed by atoms with van der Waals surface area (Å²) in [4.78, 5) is 19.4. The molecule has 1 heterocycles. The third-order valence-corrected chi connectivity index (χ3v) is 2.56. The first-order chi connectivity index (χ1) is 8.66. The molecule has 5 heteroatoms. The second-order valence-electron chi connectivity index (χ2n) is 4.40. The number of hydrogen-bond donors (Lipinski definition) is 0. The third-order valence-electron chi connectivity index (χ3n) is 2.56. The van der Waals surface area contributed by atoms with Gasteiger partial charge < -0.3 is 9.64 Å². The summed E-state index contributed by atoms with van der Waals surface area (Å²) in [5.41, 5.74) is 0.863. The van der Waals surface area contributed by atoms with Gasteiger partial charge in [-0.05, 0) is 12.1 Å². The molecule has 1 aliphatic rings. The van der Waals surface area contributed by atoms with Gasteiger partial charge in [-0.25, -0.2) is 4.79 Å². The topological polar surface area (TPSA) is 45.1 Å². The van der Waals surface area contributed by atoms with Crippen LogP contribution in [-0.4, -0.2) is 50.6 Å². The average Bonchev–Trinajstić information content (AvgIpc) is 2.71. The number of cyclic esters (lactones) is 1. The fourth-order valence-electron chi connectivity index (χ4n) is 1.76. The number of nitrogens with zero attached hydrogens (tertiary/aromatic N) is 3. The molecule has 1 fully saturated rings. The van der Waals surface area contributed by atoms with Gasteiger partial charge in [0.2, 0.25) is 0 Å². The number of para-hydroxylation sites is 1. The smallest absolute Gasteiger partial charge is 0.414 e. The van der Waals surface area contributed by atoms with Crippen LogP contribution >= 0.6 is 0 Å². The van der Waals surface area contributed by atoms with Gasteiger partial charge in [0, 0.05) is 19.8 Å². The first kappa shape index (κ1) is 12.4. The number of carbonyl (C=O) groups excluding carboxylic acids is 1. The van der Waals surface area contributed by atoms with Gasteiger partial charge in [-0.3, -0.25) is 9.89 Å². The molecule has 18 heavy (non-hydrogen) atoms. The first-order valence-corrected chi connectivity index (χ1v) is 5.86. The minimum absolute atomic E-state index is 0.172. The number of ether oxygens (including phenoxy) is 1. The fourth-order valence-corrected chi connectivity index (χ4v) is 1.76. The molecule has 0 aromatic heterocycles. The largest absolute Gasteiger partial charge is 0.442 e. The van der Waals surface area contributed by atoms with Crippen LogP contribution in [0.4, 0.5) is 10.5 Å². The van der Waals surface area contributed by atoms with Crippen LogP contribution < -0.4 is 4.90 Å². The van der Waals surface area contributed by atoms with Crippen molar-refractivity contribution >= 4 is 18.1 Å². The molecule has 1 amide bonds. The van der Waals surface area contributed by atoms with E-state index in [4.69, 9.17) is 4.74 Å². The molecule has 1 unspecified atom stereocenters. The zero-order chi connectivity index (χ0) is 13.0. The highest BCUT2D eigenvalue weighted by Crippen LogP contribution is 2.20. The number of amides is 1. The van der Waals surface area contributed by atoms with Crippen LogP contribution in [0.2, 0.25) is 0 Å². The Balaban J connectivity index is 1.95. The van der Waals surface area contributed by atoms with E-state index in [1.165, 1.54) is 0 Å². The monoisotopic (exact) mass is 247 g/mol. The molecule has 1 aromatic carbocycles. The third kappa shape index (κ3) is 3.00. The number of aliphatic imine (C=N–C) groups is 1. The summed E-state index contributed by atoms with van der Waals surface area (Å²) in [6.45, 7) is 1.04. The molecule has 5 nitrogen and oxygen atoms in total. The molecular formula is C13H17N3O2. The van der Waals surface area contributed by atoms with E-state index >= 15 is 0 Å². The quantitative estimate of drug-likeness (QED) is 0.599. The van der Waals surface area contributed by atoms with Gasteiger partial charge in [-0.2, -0.15) is 0 Å². The molecule has 1 saturated heterocycles. The van der Waals surface area contributed by atoms with E-state index in [9.17, 15) is 4.79 Å². The van der Waals surface area contributed by atoms with Crippen LogP contribution in [0.25, 0.3) is 0 Å². The van der Waals surface area contributed by atoms with Crippen molar-refractivity contribution in [3.63, 3.8) is 0 Å². The molecule has 0 radical (unpaired) electrons. The predicted octanol–water partition coefficient (Wildman–Crippen LogP) is 1.60. The van der Waals surface area contributed by atoms with Crippen LogP contribution in [-0.2, 0) is 4.74 Å². The van der Waals surface area contributed by atoms with Crippen molar-refractivity contribution in [3.05, 3.63) is 30.3 Å². The van der Waals surface area contributed by atoms with Crippen LogP contribution in [0.5, 0.6) is 0 Å². The highest BCUT2D eigenvalue weighted by molar-refractivity contribution is 5.89. The van der Waals surface area contributed by atoms with E-state index in [-0.39, 0.29) is 12.2 Å². The van der Waals surface area contributed by atoms with Crippen molar-refractivity contribution in [2.75, 3.05) is 32.1 Å². The fraction of sp³-hybridized carbons (Fsp3) is 0.385. The standard InChI is InChI=1S/C13H17N3O2/c1-15(2)10-14-8-12-9-16(13(17)18-12)11-6-4-3-5-7-11/h3-7,10,12H,8-9H2,1-2H3. The summed E-state index contributed by atoms with van der Waals surface area (Å²) in [6, 6.07) is 9.52. The van der Waals surface area contributed by atoms with E-state index in [0.29, 0.717) is 13.1 Å². The zero-order valence-corrected chi connectivity index (χ0v) is 10.6. The summed E-state index contributed by atoms with van der Waals surface area (Å²) >= 11 is 0. The van der Waals surface area contributed by atoms with Crippen molar-refractivity contribution in [3.8, 4) is 0 Å². The zero-order valence-electron chi connectivity index (χ0n) is 10.6. The second kappa shape index (κ2) is 5.53. The highest BCUT2D eigenvalue weighted by Gasteiger charge is 2.31.